The molecule has 1 aromatic rings. The molecule has 0 saturated heterocycles. The second-order valence-corrected chi connectivity index (χ2v) is 7.21. The van der Waals surface area contributed by atoms with Crippen LogP contribution < -0.4 is 5.32 Å². The Balaban J connectivity index is 1.61. The molecule has 0 amide bonds. The summed E-state index contributed by atoms with van der Waals surface area (Å²) in [6.07, 6.45) is 3.44. The monoisotopic (exact) mass is 297 g/mol. The van der Waals surface area contributed by atoms with Crippen LogP contribution in [0.25, 0.3) is 0 Å². The molecule has 5 heteroatoms. The molecule has 1 unspecified atom stereocenters. The number of para-hydroxylation sites is 1. The minimum absolute atomic E-state index is 0.290. The number of hydrogen-bond acceptors (Lipinski definition) is 5. The Morgan fingerprint density at radius 1 is 1.42 bits per heavy atom. The van der Waals surface area contributed by atoms with Gasteiger partial charge in [0.25, 0.3) is 0 Å². The zero-order valence-corrected chi connectivity index (χ0v) is 12.6. The molecular formula is C14H19NO2S2. The van der Waals surface area contributed by atoms with Gasteiger partial charge in [-0.2, -0.15) is 0 Å². The Kier molecular flexibility index (Phi) is 6.10. The third-order valence-electron chi connectivity index (χ3n) is 2.75. The van der Waals surface area contributed by atoms with E-state index in [2.05, 4.69) is 18.3 Å². The fourth-order valence-electron chi connectivity index (χ4n) is 1.66. The van der Waals surface area contributed by atoms with Gasteiger partial charge in [-0.3, -0.25) is 5.32 Å². The Morgan fingerprint density at radius 3 is 3.00 bits per heavy atom. The number of phenols is 1. The molecule has 104 valence electrons. The standard InChI is InChI=1S/C14H19NO2S2/c1-11-6-7-13(19-18-11)8-15-10-17-9-12-4-2-3-5-14(12)16/h2-5,7,11,15-16H,6,8-10H2,1H3. The van der Waals surface area contributed by atoms with Crippen molar-refractivity contribution in [2.75, 3.05) is 13.3 Å². The second kappa shape index (κ2) is 7.85. The number of hydrogen-bond donors (Lipinski definition) is 2. The summed E-state index contributed by atoms with van der Waals surface area (Å²) >= 11 is 0. The maximum Gasteiger partial charge on any atom is 0.121 e. The van der Waals surface area contributed by atoms with Gasteiger partial charge in [-0.25, -0.2) is 0 Å². The van der Waals surface area contributed by atoms with Crippen molar-refractivity contribution < 1.29 is 9.84 Å². The molecule has 1 aliphatic heterocycles. The molecule has 19 heavy (non-hydrogen) atoms. The summed E-state index contributed by atoms with van der Waals surface area (Å²) in [5.41, 5.74) is 0.819. The number of nitrogens with one attached hydrogen (secondary N) is 1. The van der Waals surface area contributed by atoms with E-state index in [1.165, 1.54) is 4.91 Å². The molecule has 0 aliphatic carbocycles. The number of benzene rings is 1. The zero-order chi connectivity index (χ0) is 13.5. The first kappa shape index (κ1) is 14.8. The molecule has 2 N–H and O–H groups in total. The van der Waals surface area contributed by atoms with E-state index in [1.54, 1.807) is 6.07 Å². The molecule has 3 nitrogen and oxygen atoms in total. The number of allylic oxidation sites excluding steroid dienone is 1. The van der Waals surface area contributed by atoms with Gasteiger partial charge in [-0.15, -0.1) is 0 Å². The van der Waals surface area contributed by atoms with Crippen LogP contribution in [0.5, 0.6) is 5.75 Å². The van der Waals surface area contributed by atoms with Gasteiger partial charge in [-0.05, 0) is 12.5 Å². The van der Waals surface area contributed by atoms with Crippen LogP contribution in [-0.4, -0.2) is 23.6 Å². The summed E-state index contributed by atoms with van der Waals surface area (Å²) in [4.78, 5) is 1.37. The molecule has 1 atom stereocenters. The van der Waals surface area contributed by atoms with Crippen molar-refractivity contribution in [3.05, 3.63) is 40.8 Å². The highest BCUT2D eigenvalue weighted by atomic mass is 33.1. The maximum absolute atomic E-state index is 9.58. The fourth-order valence-corrected chi connectivity index (χ4v) is 3.92. The minimum Gasteiger partial charge on any atom is -0.508 e. The van der Waals surface area contributed by atoms with Gasteiger partial charge in [0.2, 0.25) is 0 Å². The topological polar surface area (TPSA) is 41.5 Å². The predicted molar refractivity (Wildman–Crippen MR) is 83.1 cm³/mol. The minimum atomic E-state index is 0.290. The summed E-state index contributed by atoms with van der Waals surface area (Å²) in [6, 6.07) is 7.25. The van der Waals surface area contributed by atoms with E-state index in [-0.39, 0.29) is 0 Å². The first-order valence-corrected chi connectivity index (χ1v) is 8.54. The molecule has 0 saturated carbocycles. The van der Waals surface area contributed by atoms with Crippen molar-refractivity contribution in [2.24, 2.45) is 0 Å². The van der Waals surface area contributed by atoms with Gasteiger partial charge < -0.3 is 9.84 Å². The van der Waals surface area contributed by atoms with E-state index in [0.29, 0.717) is 24.3 Å². The van der Waals surface area contributed by atoms with Gasteiger partial charge in [0, 0.05) is 22.3 Å². The average molecular weight is 297 g/mol. The normalized spacial score (nSPS) is 19.2. The Bertz CT molecular complexity index is 437. The molecule has 0 spiro atoms. The molecule has 2 rings (SSSR count). The van der Waals surface area contributed by atoms with E-state index in [1.807, 2.05) is 39.8 Å². The summed E-state index contributed by atoms with van der Waals surface area (Å²) in [7, 11) is 3.77. The molecule has 0 aromatic heterocycles. The number of ether oxygens (including phenoxy) is 1. The highest BCUT2D eigenvalue weighted by molar-refractivity contribution is 8.78. The van der Waals surface area contributed by atoms with Gasteiger partial charge in [0.15, 0.2) is 0 Å². The van der Waals surface area contributed by atoms with Crippen molar-refractivity contribution in [3.8, 4) is 5.75 Å². The van der Waals surface area contributed by atoms with Crippen LogP contribution in [0.3, 0.4) is 0 Å². The molecule has 0 radical (unpaired) electrons. The van der Waals surface area contributed by atoms with Gasteiger partial charge in [0.05, 0.1) is 13.3 Å². The third-order valence-corrected chi connectivity index (χ3v) is 5.81. The second-order valence-electron chi connectivity index (χ2n) is 4.44. The molecular weight excluding hydrogens is 278 g/mol. The quantitative estimate of drug-likeness (QED) is 0.478. The summed E-state index contributed by atoms with van der Waals surface area (Å²) in [6.45, 7) is 4.02. The van der Waals surface area contributed by atoms with Crippen LogP contribution in [0.4, 0.5) is 0 Å². The summed E-state index contributed by atoms with van der Waals surface area (Å²) in [5, 5.41) is 13.5. The first-order chi connectivity index (χ1) is 9.25. The number of rotatable bonds is 6. The Hall–Kier alpha value is -0.620. The molecule has 1 aromatic carbocycles. The maximum atomic E-state index is 9.58. The Labute approximate surface area is 122 Å². The molecule has 0 bridgehead atoms. The van der Waals surface area contributed by atoms with E-state index in [0.717, 1.165) is 18.5 Å². The highest BCUT2D eigenvalue weighted by Gasteiger charge is 2.10. The fraction of sp³-hybridized carbons (Fsp3) is 0.429. The van der Waals surface area contributed by atoms with E-state index >= 15 is 0 Å². The summed E-state index contributed by atoms with van der Waals surface area (Å²) in [5.74, 6) is 0.290. The molecule has 0 fully saturated rings. The zero-order valence-electron chi connectivity index (χ0n) is 11.0. The van der Waals surface area contributed by atoms with Crippen molar-refractivity contribution in [3.63, 3.8) is 0 Å². The van der Waals surface area contributed by atoms with Crippen LogP contribution in [0, 0.1) is 0 Å². The lowest BCUT2D eigenvalue weighted by Gasteiger charge is -2.17. The van der Waals surface area contributed by atoms with E-state index in [9.17, 15) is 5.11 Å². The van der Waals surface area contributed by atoms with E-state index < -0.39 is 0 Å². The number of phenolic OH excluding ortho intramolecular Hbond substituents is 1. The van der Waals surface area contributed by atoms with Gasteiger partial charge in [0.1, 0.15) is 5.75 Å². The predicted octanol–water partition coefficient (Wildman–Crippen LogP) is 3.51. The van der Waals surface area contributed by atoms with Crippen molar-refractivity contribution in [1.82, 2.24) is 5.32 Å². The number of aromatic hydroxyl groups is 1. The largest absolute Gasteiger partial charge is 0.508 e. The molecule has 1 heterocycles. The molecule has 1 aliphatic rings. The van der Waals surface area contributed by atoms with Crippen LogP contribution in [-0.2, 0) is 11.3 Å². The van der Waals surface area contributed by atoms with Crippen LogP contribution >= 0.6 is 21.6 Å². The van der Waals surface area contributed by atoms with Crippen LogP contribution in [0.2, 0.25) is 0 Å². The lowest BCUT2D eigenvalue weighted by molar-refractivity contribution is 0.104. The third kappa shape index (κ3) is 5.10. The smallest absolute Gasteiger partial charge is 0.121 e. The SMILES string of the molecule is CC1CC=C(CNCOCc2ccccc2O)SS1. The average Bonchev–Trinajstić information content (AvgIpc) is 2.42. The van der Waals surface area contributed by atoms with Crippen molar-refractivity contribution >= 4 is 21.6 Å². The lowest BCUT2D eigenvalue weighted by atomic mass is 10.2. The van der Waals surface area contributed by atoms with Crippen molar-refractivity contribution in [2.45, 2.75) is 25.2 Å². The lowest BCUT2D eigenvalue weighted by Crippen LogP contribution is -2.20. The van der Waals surface area contributed by atoms with Crippen LogP contribution in [0.1, 0.15) is 18.9 Å². The summed E-state index contributed by atoms with van der Waals surface area (Å²) < 4.78 is 5.50. The van der Waals surface area contributed by atoms with E-state index in [4.69, 9.17) is 4.74 Å². The van der Waals surface area contributed by atoms with Gasteiger partial charge >= 0.3 is 0 Å². The highest BCUT2D eigenvalue weighted by Crippen LogP contribution is 2.39. The Morgan fingerprint density at radius 2 is 2.26 bits per heavy atom. The van der Waals surface area contributed by atoms with Gasteiger partial charge in [-0.1, -0.05) is 52.8 Å². The first-order valence-electron chi connectivity index (χ1n) is 6.33. The van der Waals surface area contributed by atoms with Crippen molar-refractivity contribution in [1.29, 1.82) is 0 Å². The van der Waals surface area contributed by atoms with Crippen LogP contribution in [0.15, 0.2) is 35.2 Å².